The Hall–Kier alpha value is -2.01. The lowest BCUT2D eigenvalue weighted by Crippen LogP contribution is -1.92. The van der Waals surface area contributed by atoms with Gasteiger partial charge in [-0.15, -0.1) is 0 Å². The van der Waals surface area contributed by atoms with Crippen LogP contribution in [0.25, 0.3) is 22.1 Å². The van der Waals surface area contributed by atoms with Crippen LogP contribution in [-0.4, -0.2) is 21.2 Å². The second-order valence-corrected chi connectivity index (χ2v) is 3.97. The molecular weight excluding hydrogens is 240 g/mol. The molecule has 0 bridgehead atoms. The summed E-state index contributed by atoms with van der Waals surface area (Å²) in [5, 5.41) is 0.891. The molecule has 86 valence electrons. The average Bonchev–Trinajstić information content (AvgIpc) is 2.62. The van der Waals surface area contributed by atoms with Gasteiger partial charge in [-0.3, -0.25) is 0 Å². The van der Waals surface area contributed by atoms with Crippen molar-refractivity contribution in [3.8, 4) is 5.75 Å². The Bertz CT molecular complexity index is 722. The third-order valence-electron chi connectivity index (χ3n) is 2.63. The number of hydrogen-bond acceptors (Lipinski definition) is 4. The van der Waals surface area contributed by atoms with Crippen LogP contribution in [0.2, 0.25) is 0 Å². The number of benzene rings is 1. The predicted octanol–water partition coefficient (Wildman–Crippen LogP) is 2.18. The van der Waals surface area contributed by atoms with Gasteiger partial charge in [-0.1, -0.05) is 0 Å². The second kappa shape index (κ2) is 3.49. The van der Waals surface area contributed by atoms with Crippen molar-refractivity contribution in [3.63, 3.8) is 0 Å². The van der Waals surface area contributed by atoms with Gasteiger partial charge in [0.15, 0.2) is 5.65 Å². The molecule has 3 aromatic rings. The fourth-order valence-electron chi connectivity index (χ4n) is 1.84. The fraction of sp³-hybridized carbons (Fsp3) is 0.0909. The molecule has 0 unspecified atom stereocenters. The largest absolute Gasteiger partial charge is 0.497 e. The lowest BCUT2D eigenvalue weighted by molar-refractivity contribution is 0.415. The van der Waals surface area contributed by atoms with Gasteiger partial charge in [0, 0.05) is 17.2 Å². The maximum absolute atomic E-state index is 6.18. The lowest BCUT2D eigenvalue weighted by atomic mass is 10.2. The van der Waals surface area contributed by atoms with Crippen LogP contribution < -0.4 is 10.5 Å². The summed E-state index contributed by atoms with van der Waals surface area (Å²) in [7, 11) is 1.62. The smallest absolute Gasteiger partial charge is 0.176 e. The maximum atomic E-state index is 6.18. The maximum Gasteiger partial charge on any atom is 0.176 e. The minimum absolute atomic E-state index is 0.342. The minimum atomic E-state index is 0.342. The van der Waals surface area contributed by atoms with Gasteiger partial charge in [-0.25, -0.2) is 14.1 Å². The van der Waals surface area contributed by atoms with E-state index in [1.54, 1.807) is 7.11 Å². The molecule has 0 aliphatic rings. The molecule has 2 heterocycles. The number of nitrogens with zero attached hydrogens (tertiary/aromatic N) is 3. The molecule has 17 heavy (non-hydrogen) atoms. The van der Waals surface area contributed by atoms with Gasteiger partial charge in [0.05, 0.1) is 18.8 Å². The van der Waals surface area contributed by atoms with E-state index in [2.05, 4.69) is 9.97 Å². The Morgan fingerprint density at radius 2 is 2.24 bits per heavy atom. The van der Waals surface area contributed by atoms with Gasteiger partial charge in [0.2, 0.25) is 0 Å². The molecule has 2 N–H and O–H groups in total. The number of rotatable bonds is 1. The van der Waals surface area contributed by atoms with Crippen molar-refractivity contribution in [2.75, 3.05) is 12.8 Å². The molecular formula is C11H9ClN4O. The minimum Gasteiger partial charge on any atom is -0.497 e. The molecule has 6 heteroatoms. The Kier molecular flexibility index (Phi) is 2.09. The topological polar surface area (TPSA) is 66.0 Å². The second-order valence-electron chi connectivity index (χ2n) is 3.63. The van der Waals surface area contributed by atoms with Crippen LogP contribution in [0.1, 0.15) is 0 Å². The molecule has 0 aliphatic carbocycles. The SMILES string of the molecule is COc1ccc2c(c1)c1ncc(N)nc1n2Cl. The summed E-state index contributed by atoms with van der Waals surface area (Å²) in [4.78, 5) is 8.43. The first-order chi connectivity index (χ1) is 8.20. The van der Waals surface area contributed by atoms with Crippen LogP contribution >= 0.6 is 11.8 Å². The van der Waals surface area contributed by atoms with Gasteiger partial charge >= 0.3 is 0 Å². The summed E-state index contributed by atoms with van der Waals surface area (Å²) in [5.74, 6) is 1.09. The fourth-order valence-corrected chi connectivity index (χ4v) is 2.10. The first-order valence-corrected chi connectivity index (χ1v) is 5.31. The zero-order valence-corrected chi connectivity index (χ0v) is 9.77. The number of nitrogens with two attached hydrogens (primary N) is 1. The van der Waals surface area contributed by atoms with Crippen molar-refractivity contribution in [1.29, 1.82) is 0 Å². The molecule has 2 aromatic heterocycles. The monoisotopic (exact) mass is 248 g/mol. The molecule has 0 radical (unpaired) electrons. The Balaban J connectivity index is 2.50. The van der Waals surface area contributed by atoms with Gasteiger partial charge in [-0.2, -0.15) is 0 Å². The Morgan fingerprint density at radius 1 is 1.41 bits per heavy atom. The van der Waals surface area contributed by atoms with Crippen LogP contribution in [0.5, 0.6) is 5.75 Å². The molecule has 3 rings (SSSR count). The van der Waals surface area contributed by atoms with E-state index in [0.29, 0.717) is 17.0 Å². The zero-order valence-electron chi connectivity index (χ0n) is 9.01. The number of halogens is 1. The Labute approximate surface area is 102 Å². The molecule has 0 fully saturated rings. The highest BCUT2D eigenvalue weighted by molar-refractivity contribution is 6.25. The van der Waals surface area contributed by atoms with Gasteiger partial charge in [0.25, 0.3) is 0 Å². The molecule has 0 atom stereocenters. The average molecular weight is 249 g/mol. The molecule has 0 saturated heterocycles. The quantitative estimate of drug-likeness (QED) is 0.717. The predicted molar refractivity (Wildman–Crippen MR) is 67.2 cm³/mol. The van der Waals surface area contributed by atoms with E-state index in [1.165, 1.54) is 10.3 Å². The van der Waals surface area contributed by atoms with Crippen LogP contribution in [0.3, 0.4) is 0 Å². The van der Waals surface area contributed by atoms with Gasteiger partial charge in [-0.05, 0) is 18.2 Å². The molecule has 5 nitrogen and oxygen atoms in total. The highest BCUT2D eigenvalue weighted by Gasteiger charge is 2.12. The normalized spacial score (nSPS) is 11.2. The van der Waals surface area contributed by atoms with Crippen molar-refractivity contribution < 1.29 is 4.74 Å². The first kappa shape index (κ1) is 10.2. The molecule has 0 aliphatic heterocycles. The van der Waals surface area contributed by atoms with E-state index in [4.69, 9.17) is 22.2 Å². The molecule has 1 aromatic carbocycles. The van der Waals surface area contributed by atoms with E-state index >= 15 is 0 Å². The van der Waals surface area contributed by atoms with Crippen molar-refractivity contribution in [1.82, 2.24) is 14.1 Å². The lowest BCUT2D eigenvalue weighted by Gasteiger charge is -1.98. The number of fused-ring (bicyclic) bond motifs is 3. The van der Waals surface area contributed by atoms with Crippen molar-refractivity contribution in [2.24, 2.45) is 0 Å². The van der Waals surface area contributed by atoms with E-state index in [1.807, 2.05) is 18.2 Å². The summed E-state index contributed by atoms with van der Waals surface area (Å²) in [6.07, 6.45) is 1.51. The zero-order chi connectivity index (χ0) is 12.0. The van der Waals surface area contributed by atoms with Crippen molar-refractivity contribution >= 4 is 39.7 Å². The van der Waals surface area contributed by atoms with Gasteiger partial charge < -0.3 is 10.5 Å². The number of nitrogen functional groups attached to an aromatic ring is 1. The van der Waals surface area contributed by atoms with E-state index in [0.717, 1.165) is 16.7 Å². The van der Waals surface area contributed by atoms with Crippen LogP contribution in [0.15, 0.2) is 24.4 Å². The van der Waals surface area contributed by atoms with Crippen LogP contribution in [0.4, 0.5) is 5.82 Å². The highest BCUT2D eigenvalue weighted by Crippen LogP contribution is 2.30. The summed E-state index contributed by atoms with van der Waals surface area (Å²) < 4.78 is 6.63. The third-order valence-corrected chi connectivity index (χ3v) is 2.97. The number of hydrogen-bond donors (Lipinski definition) is 1. The molecule has 0 saturated carbocycles. The summed E-state index contributed by atoms with van der Waals surface area (Å²) in [6.45, 7) is 0. The number of anilines is 1. The van der Waals surface area contributed by atoms with Crippen LogP contribution in [-0.2, 0) is 0 Å². The molecule has 0 spiro atoms. The molecule has 0 amide bonds. The Morgan fingerprint density at radius 3 is 3.00 bits per heavy atom. The number of methoxy groups -OCH3 is 1. The van der Waals surface area contributed by atoms with Crippen LogP contribution in [0, 0.1) is 0 Å². The van der Waals surface area contributed by atoms with Crippen molar-refractivity contribution in [3.05, 3.63) is 24.4 Å². The van der Waals surface area contributed by atoms with E-state index in [9.17, 15) is 0 Å². The standard InChI is InChI=1S/C11H9ClN4O/c1-17-6-2-3-8-7(4-6)10-11(16(8)12)15-9(13)5-14-10/h2-5H,1H3,(H2,13,15). The first-order valence-electron chi connectivity index (χ1n) is 4.97. The van der Waals surface area contributed by atoms with E-state index < -0.39 is 0 Å². The van der Waals surface area contributed by atoms with Crippen molar-refractivity contribution in [2.45, 2.75) is 0 Å². The third kappa shape index (κ3) is 1.39. The highest BCUT2D eigenvalue weighted by atomic mass is 35.5. The van der Waals surface area contributed by atoms with E-state index in [-0.39, 0.29) is 0 Å². The summed E-state index contributed by atoms with van der Waals surface area (Å²) in [5.41, 5.74) is 7.69. The summed E-state index contributed by atoms with van der Waals surface area (Å²) >= 11 is 6.18. The number of ether oxygens (including phenoxy) is 1. The van der Waals surface area contributed by atoms with Gasteiger partial charge in [0.1, 0.15) is 17.1 Å². The number of aromatic nitrogens is 3. The summed E-state index contributed by atoms with van der Waals surface area (Å²) in [6, 6.07) is 5.57.